The smallest absolute Gasteiger partial charge is 0.269 e. The molecular formula is C15H23N3O2. The van der Waals surface area contributed by atoms with Crippen LogP contribution in [0.3, 0.4) is 0 Å². The maximum Gasteiger partial charge on any atom is 0.269 e. The number of hydrogen-bond donors (Lipinski definition) is 1. The van der Waals surface area contributed by atoms with Gasteiger partial charge in [-0.25, -0.2) is 0 Å². The van der Waals surface area contributed by atoms with Gasteiger partial charge in [-0.2, -0.15) is 0 Å². The lowest BCUT2D eigenvalue weighted by atomic mass is 10.0. The average molecular weight is 277 g/mol. The van der Waals surface area contributed by atoms with E-state index in [1.807, 2.05) is 13.1 Å². The third-order valence-corrected chi connectivity index (χ3v) is 4.10. The van der Waals surface area contributed by atoms with Gasteiger partial charge < -0.3 is 5.32 Å². The maximum absolute atomic E-state index is 10.9. The Kier molecular flexibility index (Phi) is 5.09. The quantitative estimate of drug-likeness (QED) is 0.641. The molecule has 2 rings (SSSR count). The van der Waals surface area contributed by atoms with Gasteiger partial charge in [0.1, 0.15) is 0 Å². The third kappa shape index (κ3) is 3.35. The summed E-state index contributed by atoms with van der Waals surface area (Å²) in [4.78, 5) is 13.1. The van der Waals surface area contributed by atoms with Crippen LogP contribution in [0, 0.1) is 16.0 Å². The monoisotopic (exact) mass is 277 g/mol. The van der Waals surface area contributed by atoms with Gasteiger partial charge in [0.25, 0.3) is 5.69 Å². The Hall–Kier alpha value is -1.46. The standard InChI is InChI=1S/C15H23N3O2/c1-3-15(17-8-7-12(11-17)10-16-2)13-5-4-6-14(9-13)18(19)20/h4-6,9,12,15-16H,3,7-8,10-11H2,1-2H3. The molecule has 1 aromatic rings. The fourth-order valence-electron chi connectivity index (χ4n) is 3.15. The van der Waals surface area contributed by atoms with E-state index >= 15 is 0 Å². The van der Waals surface area contributed by atoms with Crippen LogP contribution in [0.2, 0.25) is 0 Å². The number of likely N-dealkylation sites (tertiary alicyclic amines) is 1. The van der Waals surface area contributed by atoms with Gasteiger partial charge in [0.05, 0.1) is 4.92 Å². The fourth-order valence-corrected chi connectivity index (χ4v) is 3.15. The molecule has 0 saturated carbocycles. The minimum atomic E-state index is -0.315. The predicted molar refractivity (Wildman–Crippen MR) is 79.7 cm³/mol. The van der Waals surface area contributed by atoms with Gasteiger partial charge in [-0.15, -0.1) is 0 Å². The van der Waals surface area contributed by atoms with Crippen molar-refractivity contribution in [3.05, 3.63) is 39.9 Å². The van der Waals surface area contributed by atoms with Crippen molar-refractivity contribution in [2.75, 3.05) is 26.7 Å². The van der Waals surface area contributed by atoms with Gasteiger partial charge in [0.15, 0.2) is 0 Å². The highest BCUT2D eigenvalue weighted by atomic mass is 16.6. The van der Waals surface area contributed by atoms with Crippen LogP contribution < -0.4 is 5.32 Å². The number of nitro benzene ring substituents is 1. The van der Waals surface area contributed by atoms with Crippen molar-refractivity contribution < 1.29 is 4.92 Å². The first-order valence-electron chi connectivity index (χ1n) is 7.28. The van der Waals surface area contributed by atoms with Crippen molar-refractivity contribution in [1.82, 2.24) is 10.2 Å². The molecule has 0 radical (unpaired) electrons. The van der Waals surface area contributed by atoms with Gasteiger partial charge in [-0.05, 0) is 44.5 Å². The molecule has 1 aliphatic rings. The highest BCUT2D eigenvalue weighted by Crippen LogP contribution is 2.31. The fraction of sp³-hybridized carbons (Fsp3) is 0.600. The Balaban J connectivity index is 2.12. The molecular weight excluding hydrogens is 254 g/mol. The molecule has 0 spiro atoms. The van der Waals surface area contributed by atoms with Crippen molar-refractivity contribution in [1.29, 1.82) is 0 Å². The molecule has 1 aliphatic heterocycles. The summed E-state index contributed by atoms with van der Waals surface area (Å²) in [6, 6.07) is 7.37. The lowest BCUT2D eigenvalue weighted by Crippen LogP contribution is -2.28. The van der Waals surface area contributed by atoms with E-state index in [-0.39, 0.29) is 16.7 Å². The predicted octanol–water partition coefficient (Wildman–Crippen LogP) is 2.59. The second-order valence-electron chi connectivity index (χ2n) is 5.48. The minimum absolute atomic E-state index is 0.187. The van der Waals surface area contributed by atoms with Crippen molar-refractivity contribution in [3.63, 3.8) is 0 Å². The largest absolute Gasteiger partial charge is 0.319 e. The molecule has 1 N–H and O–H groups in total. The molecule has 2 atom stereocenters. The molecule has 1 fully saturated rings. The van der Waals surface area contributed by atoms with E-state index in [0.717, 1.165) is 31.6 Å². The van der Waals surface area contributed by atoms with Crippen molar-refractivity contribution in [2.45, 2.75) is 25.8 Å². The molecule has 0 aliphatic carbocycles. The normalized spacial score (nSPS) is 21.0. The molecule has 20 heavy (non-hydrogen) atoms. The lowest BCUT2D eigenvalue weighted by Gasteiger charge is -2.27. The second kappa shape index (κ2) is 6.81. The number of rotatable bonds is 6. The molecule has 2 unspecified atom stereocenters. The Bertz CT molecular complexity index is 464. The summed E-state index contributed by atoms with van der Waals surface area (Å²) in [6.45, 7) is 5.34. The molecule has 1 heterocycles. The number of nitrogens with zero attached hydrogens (tertiary/aromatic N) is 2. The van der Waals surface area contributed by atoms with E-state index in [4.69, 9.17) is 0 Å². The zero-order valence-electron chi connectivity index (χ0n) is 12.2. The Morgan fingerprint density at radius 2 is 2.35 bits per heavy atom. The number of non-ortho nitro benzene ring substituents is 1. The maximum atomic E-state index is 10.9. The SMILES string of the molecule is CCC(c1cccc([N+](=O)[O-])c1)N1CCC(CNC)C1. The van der Waals surface area contributed by atoms with Crippen LogP contribution >= 0.6 is 0 Å². The van der Waals surface area contributed by atoms with Crippen LogP contribution in [0.1, 0.15) is 31.4 Å². The van der Waals surface area contributed by atoms with E-state index in [1.165, 1.54) is 6.42 Å². The van der Waals surface area contributed by atoms with Crippen LogP contribution in [0.25, 0.3) is 0 Å². The first kappa shape index (κ1) is 14.9. The second-order valence-corrected chi connectivity index (χ2v) is 5.48. The zero-order valence-corrected chi connectivity index (χ0v) is 12.2. The summed E-state index contributed by atoms with van der Waals surface area (Å²) in [6.07, 6.45) is 2.18. The van der Waals surface area contributed by atoms with Crippen molar-refractivity contribution in [2.24, 2.45) is 5.92 Å². The number of nitro groups is 1. The Morgan fingerprint density at radius 1 is 1.55 bits per heavy atom. The topological polar surface area (TPSA) is 58.4 Å². The highest BCUT2D eigenvalue weighted by Gasteiger charge is 2.28. The Labute approximate surface area is 120 Å². The van der Waals surface area contributed by atoms with Gasteiger partial charge in [0.2, 0.25) is 0 Å². The molecule has 110 valence electrons. The molecule has 0 amide bonds. The number of nitrogens with one attached hydrogen (secondary N) is 1. The van der Waals surface area contributed by atoms with Crippen molar-refractivity contribution >= 4 is 5.69 Å². The summed E-state index contributed by atoms with van der Waals surface area (Å²) in [5.41, 5.74) is 1.25. The lowest BCUT2D eigenvalue weighted by molar-refractivity contribution is -0.385. The van der Waals surface area contributed by atoms with Crippen LogP contribution in [-0.4, -0.2) is 36.5 Å². The first-order chi connectivity index (χ1) is 9.65. The molecule has 1 aromatic carbocycles. The van der Waals surface area contributed by atoms with Gasteiger partial charge in [-0.1, -0.05) is 19.1 Å². The molecule has 5 heteroatoms. The summed E-state index contributed by atoms with van der Waals surface area (Å²) in [5, 5.41) is 14.1. The summed E-state index contributed by atoms with van der Waals surface area (Å²) < 4.78 is 0. The molecule has 0 aromatic heterocycles. The van der Waals surface area contributed by atoms with Crippen LogP contribution in [0.5, 0.6) is 0 Å². The average Bonchev–Trinajstić information content (AvgIpc) is 2.89. The number of benzene rings is 1. The molecule has 1 saturated heterocycles. The zero-order chi connectivity index (χ0) is 14.5. The third-order valence-electron chi connectivity index (χ3n) is 4.10. The highest BCUT2D eigenvalue weighted by molar-refractivity contribution is 5.35. The number of hydrogen-bond acceptors (Lipinski definition) is 4. The van der Waals surface area contributed by atoms with E-state index in [1.54, 1.807) is 18.2 Å². The van der Waals surface area contributed by atoms with Gasteiger partial charge in [-0.3, -0.25) is 15.0 Å². The van der Waals surface area contributed by atoms with E-state index in [9.17, 15) is 10.1 Å². The minimum Gasteiger partial charge on any atom is -0.319 e. The van der Waals surface area contributed by atoms with Crippen LogP contribution in [0.15, 0.2) is 24.3 Å². The van der Waals surface area contributed by atoms with Gasteiger partial charge >= 0.3 is 0 Å². The van der Waals surface area contributed by atoms with Gasteiger partial charge in [0, 0.05) is 24.7 Å². The molecule has 0 bridgehead atoms. The van der Waals surface area contributed by atoms with E-state index in [0.29, 0.717) is 5.92 Å². The summed E-state index contributed by atoms with van der Waals surface area (Å²) in [5.74, 6) is 0.688. The van der Waals surface area contributed by atoms with E-state index < -0.39 is 0 Å². The summed E-state index contributed by atoms with van der Waals surface area (Å²) >= 11 is 0. The van der Waals surface area contributed by atoms with Crippen LogP contribution in [0.4, 0.5) is 5.69 Å². The Morgan fingerprint density at radius 3 is 3.00 bits per heavy atom. The molecule has 5 nitrogen and oxygen atoms in total. The van der Waals surface area contributed by atoms with Crippen molar-refractivity contribution in [3.8, 4) is 0 Å². The summed E-state index contributed by atoms with van der Waals surface area (Å²) in [7, 11) is 1.99. The first-order valence-corrected chi connectivity index (χ1v) is 7.28. The van der Waals surface area contributed by atoms with E-state index in [2.05, 4.69) is 17.1 Å². The van der Waals surface area contributed by atoms with Crippen LogP contribution in [-0.2, 0) is 0 Å².